The molecule has 16 heavy (non-hydrogen) atoms. The molecule has 0 unspecified atom stereocenters. The molecule has 0 radical (unpaired) electrons. The number of carbonyl (C=O) groups is 1. The Morgan fingerprint density at radius 2 is 2.19 bits per heavy atom. The van der Waals surface area contributed by atoms with Crippen LogP contribution in [-0.2, 0) is 0 Å². The normalized spacial score (nSPS) is 11.5. The molecule has 1 amide bonds. The van der Waals surface area contributed by atoms with Crippen LogP contribution >= 0.6 is 12.4 Å². The summed E-state index contributed by atoms with van der Waals surface area (Å²) in [6.45, 7) is 3.91. The van der Waals surface area contributed by atoms with Gasteiger partial charge in [-0.2, -0.15) is 0 Å². The van der Waals surface area contributed by atoms with Gasteiger partial charge in [0.2, 0.25) is 0 Å². The number of rotatable bonds is 3. The number of amides is 1. The van der Waals surface area contributed by atoms with Crippen molar-refractivity contribution in [3.8, 4) is 0 Å². The molecule has 1 atom stereocenters. The lowest BCUT2D eigenvalue weighted by Crippen LogP contribution is -2.38. The van der Waals surface area contributed by atoms with Crippen LogP contribution in [0.4, 0.5) is 4.39 Å². The van der Waals surface area contributed by atoms with Crippen molar-refractivity contribution in [3.05, 3.63) is 35.1 Å². The smallest absolute Gasteiger partial charge is 0.254 e. The predicted molar refractivity (Wildman–Crippen MR) is 64.4 cm³/mol. The summed E-state index contributed by atoms with van der Waals surface area (Å²) in [4.78, 5) is 11.6. The van der Waals surface area contributed by atoms with Crippen LogP contribution in [0.15, 0.2) is 18.2 Å². The summed E-state index contributed by atoms with van der Waals surface area (Å²) in [5, 5.41) is 2.61. The predicted octanol–water partition coefficient (Wildman–Crippen LogP) is 1.63. The summed E-state index contributed by atoms with van der Waals surface area (Å²) >= 11 is 0. The average Bonchev–Trinajstić information content (AvgIpc) is 2.21. The second-order valence-corrected chi connectivity index (χ2v) is 3.59. The molecule has 0 fully saturated rings. The largest absolute Gasteiger partial charge is 0.348 e. The molecule has 0 saturated heterocycles. The van der Waals surface area contributed by atoms with Gasteiger partial charge in [0.15, 0.2) is 0 Å². The second kappa shape index (κ2) is 6.45. The van der Waals surface area contributed by atoms with Crippen LogP contribution < -0.4 is 11.1 Å². The Bertz CT molecular complexity index is 371. The standard InChI is InChI=1S/C11H15FN2O.ClH/c1-7-3-4-10(12)9(5-7)11(15)14-8(2)6-13;/h3-5,8H,6,13H2,1-2H3,(H,14,15);1H/t8-;/m0./s1. The molecule has 0 heterocycles. The summed E-state index contributed by atoms with van der Waals surface area (Å²) in [5.41, 5.74) is 6.27. The van der Waals surface area contributed by atoms with Crippen molar-refractivity contribution in [3.63, 3.8) is 0 Å². The maximum atomic E-state index is 13.3. The fourth-order valence-electron chi connectivity index (χ4n) is 1.17. The fraction of sp³-hybridized carbons (Fsp3) is 0.364. The molecule has 1 rings (SSSR count). The molecule has 0 aliphatic carbocycles. The summed E-state index contributed by atoms with van der Waals surface area (Å²) in [5.74, 6) is -0.934. The summed E-state index contributed by atoms with van der Waals surface area (Å²) < 4.78 is 13.3. The van der Waals surface area contributed by atoms with Crippen molar-refractivity contribution in [1.82, 2.24) is 5.32 Å². The third-order valence-corrected chi connectivity index (χ3v) is 2.10. The number of hydrogen-bond donors (Lipinski definition) is 2. The minimum atomic E-state index is -0.512. The van der Waals surface area contributed by atoms with Gasteiger partial charge in [-0.15, -0.1) is 12.4 Å². The minimum absolute atomic E-state index is 0. The lowest BCUT2D eigenvalue weighted by molar-refractivity contribution is 0.0937. The van der Waals surface area contributed by atoms with Crippen molar-refractivity contribution >= 4 is 18.3 Å². The van der Waals surface area contributed by atoms with Crippen LogP contribution in [0, 0.1) is 12.7 Å². The van der Waals surface area contributed by atoms with Crippen molar-refractivity contribution in [2.45, 2.75) is 19.9 Å². The molecular weight excluding hydrogens is 231 g/mol. The van der Waals surface area contributed by atoms with Gasteiger partial charge in [0, 0.05) is 12.6 Å². The molecule has 90 valence electrons. The number of nitrogens with one attached hydrogen (secondary N) is 1. The number of hydrogen-bond acceptors (Lipinski definition) is 2. The monoisotopic (exact) mass is 246 g/mol. The summed E-state index contributed by atoms with van der Waals surface area (Å²) in [6.07, 6.45) is 0. The zero-order valence-electron chi connectivity index (χ0n) is 9.29. The van der Waals surface area contributed by atoms with Crippen LogP contribution in [-0.4, -0.2) is 18.5 Å². The Morgan fingerprint density at radius 1 is 1.56 bits per heavy atom. The van der Waals surface area contributed by atoms with Crippen molar-refractivity contribution < 1.29 is 9.18 Å². The van der Waals surface area contributed by atoms with Crippen LogP contribution in [0.1, 0.15) is 22.8 Å². The van der Waals surface area contributed by atoms with Gasteiger partial charge < -0.3 is 11.1 Å². The Labute approximate surface area is 101 Å². The van der Waals surface area contributed by atoms with Crippen molar-refractivity contribution in [2.75, 3.05) is 6.54 Å². The highest BCUT2D eigenvalue weighted by Gasteiger charge is 2.13. The highest BCUT2D eigenvalue weighted by Crippen LogP contribution is 2.09. The first-order chi connectivity index (χ1) is 7.04. The third kappa shape index (κ3) is 3.79. The molecule has 0 bridgehead atoms. The van der Waals surface area contributed by atoms with Crippen LogP contribution in [0.2, 0.25) is 0 Å². The Kier molecular flexibility index (Phi) is 6.00. The highest BCUT2D eigenvalue weighted by molar-refractivity contribution is 5.94. The van der Waals surface area contributed by atoms with Gasteiger partial charge in [-0.1, -0.05) is 11.6 Å². The lowest BCUT2D eigenvalue weighted by atomic mass is 10.1. The molecule has 1 aromatic carbocycles. The van der Waals surface area contributed by atoms with Gasteiger partial charge in [0.1, 0.15) is 5.82 Å². The first-order valence-electron chi connectivity index (χ1n) is 4.81. The molecule has 0 aromatic heterocycles. The number of benzene rings is 1. The van der Waals surface area contributed by atoms with Crippen molar-refractivity contribution in [2.24, 2.45) is 5.73 Å². The van der Waals surface area contributed by atoms with E-state index in [2.05, 4.69) is 5.32 Å². The van der Waals surface area contributed by atoms with Gasteiger partial charge in [-0.05, 0) is 26.0 Å². The zero-order chi connectivity index (χ0) is 11.4. The van der Waals surface area contributed by atoms with E-state index >= 15 is 0 Å². The Morgan fingerprint density at radius 3 is 2.75 bits per heavy atom. The molecule has 3 N–H and O–H groups in total. The number of halogens is 2. The van der Waals surface area contributed by atoms with E-state index in [0.717, 1.165) is 5.56 Å². The van der Waals surface area contributed by atoms with E-state index in [1.54, 1.807) is 13.0 Å². The first kappa shape index (κ1) is 14.9. The van der Waals surface area contributed by atoms with Crippen molar-refractivity contribution in [1.29, 1.82) is 0 Å². The Hall–Kier alpha value is -1.13. The van der Waals surface area contributed by atoms with Gasteiger partial charge >= 0.3 is 0 Å². The van der Waals surface area contributed by atoms with E-state index in [4.69, 9.17) is 5.73 Å². The topological polar surface area (TPSA) is 55.1 Å². The molecule has 1 aromatic rings. The third-order valence-electron chi connectivity index (χ3n) is 2.10. The first-order valence-corrected chi connectivity index (χ1v) is 4.81. The number of nitrogens with two attached hydrogens (primary N) is 1. The van der Waals surface area contributed by atoms with E-state index in [9.17, 15) is 9.18 Å². The maximum absolute atomic E-state index is 13.3. The number of carbonyl (C=O) groups excluding carboxylic acids is 1. The maximum Gasteiger partial charge on any atom is 0.254 e. The lowest BCUT2D eigenvalue weighted by Gasteiger charge is -2.11. The van der Waals surface area contributed by atoms with Crippen LogP contribution in [0.3, 0.4) is 0 Å². The highest BCUT2D eigenvalue weighted by atomic mass is 35.5. The molecule has 0 saturated carbocycles. The molecule has 5 heteroatoms. The SMILES string of the molecule is Cc1ccc(F)c(C(=O)N[C@@H](C)CN)c1.Cl. The van der Waals surface area contributed by atoms with Gasteiger partial charge in [-0.3, -0.25) is 4.79 Å². The molecule has 0 aliphatic heterocycles. The van der Waals surface area contributed by atoms with Gasteiger partial charge in [0.05, 0.1) is 5.56 Å². The van der Waals surface area contributed by atoms with Crippen LogP contribution in [0.5, 0.6) is 0 Å². The average molecular weight is 247 g/mol. The van der Waals surface area contributed by atoms with E-state index < -0.39 is 11.7 Å². The van der Waals surface area contributed by atoms with E-state index in [0.29, 0.717) is 6.54 Å². The van der Waals surface area contributed by atoms with E-state index in [1.165, 1.54) is 12.1 Å². The van der Waals surface area contributed by atoms with Crippen LogP contribution in [0.25, 0.3) is 0 Å². The quantitative estimate of drug-likeness (QED) is 0.852. The van der Waals surface area contributed by atoms with E-state index in [-0.39, 0.29) is 24.0 Å². The van der Waals surface area contributed by atoms with Gasteiger partial charge in [0.25, 0.3) is 5.91 Å². The Balaban J connectivity index is 0.00000225. The fourth-order valence-corrected chi connectivity index (χ4v) is 1.17. The number of aryl methyl sites for hydroxylation is 1. The molecule has 3 nitrogen and oxygen atoms in total. The summed E-state index contributed by atoms with van der Waals surface area (Å²) in [6, 6.07) is 4.28. The minimum Gasteiger partial charge on any atom is -0.348 e. The van der Waals surface area contributed by atoms with E-state index in [1.807, 2.05) is 6.92 Å². The molecular formula is C11H16ClFN2O. The zero-order valence-corrected chi connectivity index (χ0v) is 10.1. The summed E-state index contributed by atoms with van der Waals surface area (Å²) in [7, 11) is 0. The molecule has 0 aliphatic rings. The second-order valence-electron chi connectivity index (χ2n) is 3.59. The van der Waals surface area contributed by atoms with Gasteiger partial charge in [-0.25, -0.2) is 4.39 Å². The molecule has 0 spiro atoms.